The normalized spacial score (nSPS) is 13.0. The molecule has 30 heavy (non-hydrogen) atoms. The van der Waals surface area contributed by atoms with Crippen molar-refractivity contribution in [2.24, 2.45) is 0 Å². The molecule has 0 spiro atoms. The summed E-state index contributed by atoms with van der Waals surface area (Å²) >= 11 is 0. The van der Waals surface area contributed by atoms with E-state index in [1.165, 1.54) is 0 Å². The van der Waals surface area contributed by atoms with Crippen LogP contribution in [0.1, 0.15) is 27.0 Å². The number of amides is 1. The molecule has 3 aromatic carbocycles. The van der Waals surface area contributed by atoms with Crippen molar-refractivity contribution in [3.8, 4) is 17.2 Å². The van der Waals surface area contributed by atoms with Gasteiger partial charge in [0, 0.05) is 11.6 Å². The van der Waals surface area contributed by atoms with Gasteiger partial charge >= 0.3 is 0 Å². The van der Waals surface area contributed by atoms with E-state index in [2.05, 4.69) is 5.32 Å². The van der Waals surface area contributed by atoms with Gasteiger partial charge in [0.15, 0.2) is 11.5 Å². The maximum atomic E-state index is 13.0. The summed E-state index contributed by atoms with van der Waals surface area (Å²) < 4.78 is 16.2. The second-order valence-electron chi connectivity index (χ2n) is 7.43. The Bertz CT molecular complexity index is 1030. The molecule has 1 N–H and O–H groups in total. The lowest BCUT2D eigenvalue weighted by molar-refractivity contribution is 0.0936. The molecule has 1 aliphatic heterocycles. The molecule has 0 saturated heterocycles. The van der Waals surface area contributed by atoms with Crippen molar-refractivity contribution in [3.63, 3.8) is 0 Å². The molecular formula is C25H25NO4. The molecule has 0 radical (unpaired) electrons. The number of benzene rings is 3. The van der Waals surface area contributed by atoms with Gasteiger partial charge in [-0.15, -0.1) is 0 Å². The number of hydrogen-bond acceptors (Lipinski definition) is 4. The summed E-state index contributed by atoms with van der Waals surface area (Å²) in [5.41, 5.74) is 3.87. The number of carbonyl (C=O) groups excluding carboxylic acids is 1. The van der Waals surface area contributed by atoms with Crippen LogP contribution in [0.5, 0.6) is 17.2 Å². The molecule has 1 amide bonds. The molecule has 3 aromatic rings. The number of rotatable bonds is 7. The minimum atomic E-state index is -0.0779. The van der Waals surface area contributed by atoms with Crippen molar-refractivity contribution in [2.75, 3.05) is 13.9 Å². The highest BCUT2D eigenvalue weighted by molar-refractivity contribution is 5.95. The van der Waals surface area contributed by atoms with Crippen LogP contribution in [-0.2, 0) is 12.8 Å². The molecule has 0 unspecified atom stereocenters. The lowest BCUT2D eigenvalue weighted by Gasteiger charge is -2.20. The monoisotopic (exact) mass is 403 g/mol. The Kier molecular flexibility index (Phi) is 5.89. The molecule has 5 nitrogen and oxygen atoms in total. The second kappa shape index (κ2) is 8.91. The molecule has 0 aromatic heterocycles. The van der Waals surface area contributed by atoms with Crippen LogP contribution in [0, 0.1) is 6.92 Å². The van der Waals surface area contributed by atoms with Gasteiger partial charge in [0.25, 0.3) is 5.91 Å². The van der Waals surface area contributed by atoms with Crippen LogP contribution in [0.15, 0.2) is 66.7 Å². The number of nitrogens with one attached hydrogen (secondary N) is 1. The van der Waals surface area contributed by atoms with Crippen molar-refractivity contribution in [3.05, 3.63) is 89.0 Å². The van der Waals surface area contributed by atoms with Gasteiger partial charge in [-0.25, -0.2) is 0 Å². The van der Waals surface area contributed by atoms with Gasteiger partial charge in [-0.05, 0) is 66.8 Å². The first-order valence-electron chi connectivity index (χ1n) is 10.0. The number of methoxy groups -OCH3 is 1. The molecule has 1 aliphatic rings. The van der Waals surface area contributed by atoms with Gasteiger partial charge in [0.2, 0.25) is 6.79 Å². The van der Waals surface area contributed by atoms with Gasteiger partial charge < -0.3 is 19.5 Å². The molecule has 0 aliphatic carbocycles. The Balaban J connectivity index is 1.55. The van der Waals surface area contributed by atoms with Crippen molar-refractivity contribution in [1.82, 2.24) is 5.32 Å². The first-order valence-corrected chi connectivity index (χ1v) is 10.0. The third-order valence-corrected chi connectivity index (χ3v) is 5.29. The number of carbonyl (C=O) groups is 1. The van der Waals surface area contributed by atoms with Crippen molar-refractivity contribution >= 4 is 5.91 Å². The molecule has 5 heteroatoms. The Morgan fingerprint density at radius 2 is 1.67 bits per heavy atom. The van der Waals surface area contributed by atoms with E-state index in [1.54, 1.807) is 7.11 Å². The van der Waals surface area contributed by atoms with Crippen LogP contribution in [0.4, 0.5) is 0 Å². The standard InChI is InChI=1S/C25H25NO4/c1-17-5-3-4-6-22(17)25(27)26-20(13-18-7-10-21(28-2)11-8-18)14-19-9-12-23-24(15-19)30-16-29-23/h3-12,15,20H,13-14,16H2,1-2H3,(H,26,27)/t20-/m1/s1. The van der Waals surface area contributed by atoms with Crippen LogP contribution in [0.2, 0.25) is 0 Å². The minimum Gasteiger partial charge on any atom is -0.497 e. The summed E-state index contributed by atoms with van der Waals surface area (Å²) in [7, 11) is 1.65. The smallest absolute Gasteiger partial charge is 0.251 e. The summed E-state index contributed by atoms with van der Waals surface area (Å²) in [6.07, 6.45) is 1.39. The third kappa shape index (κ3) is 4.57. The van der Waals surface area contributed by atoms with E-state index in [1.807, 2.05) is 73.7 Å². The second-order valence-corrected chi connectivity index (χ2v) is 7.43. The van der Waals surface area contributed by atoms with Gasteiger partial charge in [-0.1, -0.05) is 36.4 Å². The highest BCUT2D eigenvalue weighted by Gasteiger charge is 2.19. The fourth-order valence-electron chi connectivity index (χ4n) is 3.66. The molecule has 1 heterocycles. The first kappa shape index (κ1) is 19.8. The van der Waals surface area contributed by atoms with Crippen LogP contribution in [0.25, 0.3) is 0 Å². The molecular weight excluding hydrogens is 378 g/mol. The Morgan fingerprint density at radius 3 is 2.43 bits per heavy atom. The average Bonchev–Trinajstić information content (AvgIpc) is 3.22. The minimum absolute atomic E-state index is 0.0626. The SMILES string of the molecule is COc1ccc(C[C@H](Cc2ccc3c(c2)OCO3)NC(=O)c2ccccc2C)cc1. The summed E-state index contributed by atoms with van der Waals surface area (Å²) in [5.74, 6) is 2.26. The van der Waals surface area contributed by atoms with E-state index >= 15 is 0 Å². The fourth-order valence-corrected chi connectivity index (χ4v) is 3.66. The zero-order chi connectivity index (χ0) is 20.9. The summed E-state index contributed by atoms with van der Waals surface area (Å²) in [6.45, 7) is 2.20. The van der Waals surface area contributed by atoms with Gasteiger partial charge in [-0.3, -0.25) is 4.79 Å². The van der Waals surface area contributed by atoms with E-state index in [9.17, 15) is 4.79 Å². The Labute approximate surface area is 176 Å². The van der Waals surface area contributed by atoms with Crippen molar-refractivity contribution in [2.45, 2.75) is 25.8 Å². The first-order chi connectivity index (χ1) is 14.6. The number of aryl methyl sites for hydroxylation is 1. The zero-order valence-corrected chi connectivity index (χ0v) is 17.2. The van der Waals surface area contributed by atoms with Crippen LogP contribution < -0.4 is 19.5 Å². The van der Waals surface area contributed by atoms with E-state index in [4.69, 9.17) is 14.2 Å². The summed E-state index contributed by atoms with van der Waals surface area (Å²) in [6, 6.07) is 21.4. The van der Waals surface area contributed by atoms with E-state index in [-0.39, 0.29) is 18.7 Å². The summed E-state index contributed by atoms with van der Waals surface area (Å²) in [4.78, 5) is 13.0. The number of fused-ring (bicyclic) bond motifs is 1. The van der Waals surface area contributed by atoms with E-state index in [0.717, 1.165) is 33.9 Å². The van der Waals surface area contributed by atoms with E-state index < -0.39 is 0 Å². The zero-order valence-electron chi connectivity index (χ0n) is 17.2. The average molecular weight is 403 g/mol. The largest absolute Gasteiger partial charge is 0.497 e. The number of ether oxygens (including phenoxy) is 3. The maximum absolute atomic E-state index is 13.0. The number of hydrogen-bond donors (Lipinski definition) is 1. The predicted molar refractivity (Wildman–Crippen MR) is 115 cm³/mol. The molecule has 0 bridgehead atoms. The molecule has 4 rings (SSSR count). The third-order valence-electron chi connectivity index (χ3n) is 5.29. The highest BCUT2D eigenvalue weighted by Crippen LogP contribution is 2.33. The van der Waals surface area contributed by atoms with Crippen molar-refractivity contribution < 1.29 is 19.0 Å². The fraction of sp³-hybridized carbons (Fsp3) is 0.240. The van der Waals surface area contributed by atoms with Crippen LogP contribution >= 0.6 is 0 Å². The lowest BCUT2D eigenvalue weighted by Crippen LogP contribution is -2.38. The molecule has 0 fully saturated rings. The molecule has 1 atom stereocenters. The lowest BCUT2D eigenvalue weighted by atomic mass is 9.97. The summed E-state index contributed by atoms with van der Waals surface area (Å²) in [5, 5.41) is 3.23. The van der Waals surface area contributed by atoms with Gasteiger partial charge in [0.05, 0.1) is 7.11 Å². The van der Waals surface area contributed by atoms with Gasteiger partial charge in [0.1, 0.15) is 5.75 Å². The topological polar surface area (TPSA) is 56.8 Å². The van der Waals surface area contributed by atoms with Crippen LogP contribution in [-0.4, -0.2) is 25.9 Å². The maximum Gasteiger partial charge on any atom is 0.251 e. The quantitative estimate of drug-likeness (QED) is 0.639. The van der Waals surface area contributed by atoms with E-state index in [0.29, 0.717) is 18.4 Å². The highest BCUT2D eigenvalue weighted by atomic mass is 16.7. The van der Waals surface area contributed by atoms with Gasteiger partial charge in [-0.2, -0.15) is 0 Å². The Morgan fingerprint density at radius 1 is 0.967 bits per heavy atom. The Hall–Kier alpha value is -3.47. The van der Waals surface area contributed by atoms with Crippen molar-refractivity contribution in [1.29, 1.82) is 0 Å². The predicted octanol–water partition coefficient (Wildman–Crippen LogP) is 4.32. The molecule has 0 saturated carbocycles. The molecule has 154 valence electrons. The van der Waals surface area contributed by atoms with Crippen LogP contribution in [0.3, 0.4) is 0 Å².